The molecular weight excluding hydrogens is 306 g/mol. The molecule has 22 heavy (non-hydrogen) atoms. The van der Waals surface area contributed by atoms with Crippen LogP contribution < -0.4 is 0 Å². The van der Waals surface area contributed by atoms with Crippen LogP contribution in [0.2, 0.25) is 0 Å². The van der Waals surface area contributed by atoms with Gasteiger partial charge in [-0.05, 0) is 27.2 Å². The molecule has 0 aromatic heterocycles. The quantitative estimate of drug-likeness (QED) is 0.585. The first kappa shape index (κ1) is 18.8. The molecule has 0 radical (unpaired) electrons. The van der Waals surface area contributed by atoms with Crippen LogP contribution in [0.4, 0.5) is 4.79 Å². The number of nitrogens with zero attached hydrogens (tertiary/aromatic N) is 1. The SMILES string of the molecule is CCCCCC1C#CCCOS(=O)(=O)N1C(=O)OC(C)(C)C. The predicted octanol–water partition coefficient (Wildman–Crippen LogP) is 2.84. The van der Waals surface area contributed by atoms with Gasteiger partial charge in [0.1, 0.15) is 11.6 Å². The Morgan fingerprint density at radius 1 is 1.36 bits per heavy atom. The van der Waals surface area contributed by atoms with Crippen molar-refractivity contribution < 1.29 is 22.1 Å². The van der Waals surface area contributed by atoms with Crippen molar-refractivity contribution in [3.8, 4) is 11.8 Å². The van der Waals surface area contributed by atoms with Crippen LogP contribution in [0.3, 0.4) is 0 Å². The summed E-state index contributed by atoms with van der Waals surface area (Å²) in [5.41, 5.74) is -0.795. The van der Waals surface area contributed by atoms with Crippen LogP contribution >= 0.6 is 0 Å². The summed E-state index contributed by atoms with van der Waals surface area (Å²) in [5.74, 6) is 5.73. The number of ether oxygens (including phenoxy) is 1. The van der Waals surface area contributed by atoms with Crippen molar-refractivity contribution in [2.24, 2.45) is 0 Å². The third kappa shape index (κ3) is 5.85. The fourth-order valence-electron chi connectivity index (χ4n) is 1.96. The van der Waals surface area contributed by atoms with Crippen LogP contribution in [-0.4, -0.2) is 37.1 Å². The Kier molecular flexibility index (Phi) is 6.69. The van der Waals surface area contributed by atoms with Gasteiger partial charge in [-0.25, -0.2) is 4.79 Å². The number of hydrogen-bond acceptors (Lipinski definition) is 5. The van der Waals surface area contributed by atoms with Crippen molar-refractivity contribution in [2.45, 2.75) is 71.4 Å². The first-order chi connectivity index (χ1) is 10.2. The Morgan fingerprint density at radius 2 is 2.05 bits per heavy atom. The van der Waals surface area contributed by atoms with Gasteiger partial charge in [0, 0.05) is 6.42 Å². The zero-order valence-electron chi connectivity index (χ0n) is 13.7. The van der Waals surface area contributed by atoms with E-state index in [1.54, 1.807) is 20.8 Å². The second-order valence-electron chi connectivity index (χ2n) is 6.14. The van der Waals surface area contributed by atoms with E-state index in [9.17, 15) is 13.2 Å². The molecule has 7 heteroatoms. The van der Waals surface area contributed by atoms with Crippen LogP contribution in [0.5, 0.6) is 0 Å². The lowest BCUT2D eigenvalue weighted by atomic mass is 10.1. The molecule has 1 unspecified atom stereocenters. The van der Waals surface area contributed by atoms with Crippen LogP contribution in [0, 0.1) is 11.8 Å². The lowest BCUT2D eigenvalue weighted by Gasteiger charge is -2.30. The Labute approximate surface area is 133 Å². The summed E-state index contributed by atoms with van der Waals surface area (Å²) >= 11 is 0. The van der Waals surface area contributed by atoms with E-state index in [1.165, 1.54) is 0 Å². The maximum absolute atomic E-state index is 12.3. The molecule has 0 aliphatic carbocycles. The predicted molar refractivity (Wildman–Crippen MR) is 83.3 cm³/mol. The molecule has 6 nitrogen and oxygen atoms in total. The minimum atomic E-state index is -4.18. The van der Waals surface area contributed by atoms with E-state index in [0.717, 1.165) is 19.3 Å². The molecule has 0 spiro atoms. The van der Waals surface area contributed by atoms with Gasteiger partial charge in [0.25, 0.3) is 0 Å². The van der Waals surface area contributed by atoms with Crippen LogP contribution in [0.25, 0.3) is 0 Å². The molecule has 1 amide bonds. The van der Waals surface area contributed by atoms with Crippen molar-refractivity contribution in [3.05, 3.63) is 0 Å². The Hall–Kier alpha value is -1.26. The average molecular weight is 331 g/mol. The zero-order valence-corrected chi connectivity index (χ0v) is 14.5. The number of amides is 1. The first-order valence-electron chi connectivity index (χ1n) is 7.57. The molecule has 0 fully saturated rings. The topological polar surface area (TPSA) is 72.9 Å². The smallest absolute Gasteiger partial charge is 0.427 e. The van der Waals surface area contributed by atoms with Gasteiger partial charge in [-0.15, -0.1) is 0 Å². The average Bonchev–Trinajstić information content (AvgIpc) is 2.33. The minimum Gasteiger partial charge on any atom is -0.443 e. The summed E-state index contributed by atoms with van der Waals surface area (Å²) in [5, 5.41) is 0. The molecule has 0 bridgehead atoms. The Balaban J connectivity index is 3.06. The summed E-state index contributed by atoms with van der Waals surface area (Å²) < 4.78 is 35.2. The molecule has 1 atom stereocenters. The number of carbonyl (C=O) groups excluding carboxylic acids is 1. The van der Waals surface area contributed by atoms with E-state index in [0.29, 0.717) is 17.1 Å². The maximum Gasteiger partial charge on any atom is 0.427 e. The zero-order chi connectivity index (χ0) is 16.8. The summed E-state index contributed by atoms with van der Waals surface area (Å²) in [6.07, 6.45) is 2.58. The van der Waals surface area contributed by atoms with Gasteiger partial charge in [-0.1, -0.05) is 38.0 Å². The second-order valence-corrected chi connectivity index (χ2v) is 7.62. The van der Waals surface area contributed by atoms with Crippen LogP contribution in [-0.2, 0) is 19.2 Å². The van der Waals surface area contributed by atoms with Gasteiger partial charge in [-0.3, -0.25) is 4.18 Å². The summed E-state index contributed by atoms with van der Waals surface area (Å²) in [6, 6.07) is -0.744. The highest BCUT2D eigenvalue weighted by Gasteiger charge is 2.38. The number of hydrogen-bond donors (Lipinski definition) is 0. The largest absolute Gasteiger partial charge is 0.443 e. The fourth-order valence-corrected chi connectivity index (χ4v) is 3.06. The van der Waals surface area contributed by atoms with Gasteiger partial charge in [0.15, 0.2) is 0 Å². The molecule has 1 rings (SSSR count). The van der Waals surface area contributed by atoms with E-state index < -0.39 is 28.0 Å². The molecular formula is C15H25NO5S. The third-order valence-corrected chi connectivity index (χ3v) is 4.26. The molecule has 0 saturated carbocycles. The maximum atomic E-state index is 12.3. The van der Waals surface area contributed by atoms with Crippen molar-refractivity contribution >= 4 is 16.4 Å². The fraction of sp³-hybridized carbons (Fsp3) is 0.800. The van der Waals surface area contributed by atoms with E-state index in [-0.39, 0.29) is 6.61 Å². The molecule has 0 N–H and O–H groups in total. The van der Waals surface area contributed by atoms with Crippen molar-refractivity contribution in [2.75, 3.05) is 6.61 Å². The van der Waals surface area contributed by atoms with Gasteiger partial charge in [0.05, 0.1) is 6.61 Å². The molecule has 1 aliphatic rings. The highest BCUT2D eigenvalue weighted by atomic mass is 32.2. The summed E-state index contributed by atoms with van der Waals surface area (Å²) in [7, 11) is -4.18. The molecule has 126 valence electrons. The monoisotopic (exact) mass is 331 g/mol. The standard InChI is InChI=1S/C15H25NO5S/c1-5-6-7-10-13-11-8-9-12-20-22(18,19)16(13)14(17)21-15(2,3)4/h13H,5-7,9-10,12H2,1-4H3. The molecule has 0 aromatic carbocycles. The van der Waals surface area contributed by atoms with Crippen LogP contribution in [0.1, 0.15) is 59.8 Å². The van der Waals surface area contributed by atoms with Crippen LogP contribution in [0.15, 0.2) is 0 Å². The third-order valence-electron chi connectivity index (χ3n) is 2.91. The first-order valence-corrected chi connectivity index (χ1v) is 8.94. The Morgan fingerprint density at radius 3 is 2.64 bits per heavy atom. The Bertz CT molecular complexity index is 539. The second kappa shape index (κ2) is 7.84. The van der Waals surface area contributed by atoms with Crippen molar-refractivity contribution in [1.29, 1.82) is 0 Å². The molecule has 1 heterocycles. The lowest BCUT2D eigenvalue weighted by Crippen LogP contribution is -2.47. The molecule has 0 saturated heterocycles. The lowest BCUT2D eigenvalue weighted by molar-refractivity contribution is 0.0337. The normalized spacial score (nSPS) is 21.3. The molecule has 0 aromatic rings. The van der Waals surface area contributed by atoms with Crippen molar-refractivity contribution in [1.82, 2.24) is 4.31 Å². The van der Waals surface area contributed by atoms with E-state index in [2.05, 4.69) is 18.8 Å². The van der Waals surface area contributed by atoms with E-state index in [4.69, 9.17) is 8.92 Å². The minimum absolute atomic E-state index is 0.0592. The van der Waals surface area contributed by atoms with Gasteiger partial charge in [0.2, 0.25) is 0 Å². The number of carbonyl (C=O) groups is 1. The number of rotatable bonds is 4. The number of unbranched alkanes of at least 4 members (excludes halogenated alkanes) is 2. The summed E-state index contributed by atoms with van der Waals surface area (Å²) in [4.78, 5) is 12.3. The highest BCUT2D eigenvalue weighted by molar-refractivity contribution is 7.84. The van der Waals surface area contributed by atoms with E-state index >= 15 is 0 Å². The van der Waals surface area contributed by atoms with Gasteiger partial charge in [-0.2, -0.15) is 12.7 Å². The van der Waals surface area contributed by atoms with E-state index in [1.807, 2.05) is 0 Å². The molecule has 1 aliphatic heterocycles. The highest BCUT2D eigenvalue weighted by Crippen LogP contribution is 2.21. The van der Waals surface area contributed by atoms with Crippen molar-refractivity contribution in [3.63, 3.8) is 0 Å². The van der Waals surface area contributed by atoms with Gasteiger partial charge < -0.3 is 4.74 Å². The van der Waals surface area contributed by atoms with Gasteiger partial charge >= 0.3 is 16.4 Å². The summed E-state index contributed by atoms with van der Waals surface area (Å²) in [6.45, 7) is 7.03.